The Labute approximate surface area is 223 Å². The first-order valence-corrected chi connectivity index (χ1v) is 13.4. The number of carbonyl (C=O) groups excluding carboxylic acids is 4. The minimum Gasteiger partial charge on any atom is -0.451 e. The number of thioether (sulfide) groups is 1. The fourth-order valence-electron chi connectivity index (χ4n) is 4.32. The molecular weight excluding hydrogens is 508 g/mol. The van der Waals surface area contributed by atoms with Gasteiger partial charge in [0.25, 0.3) is 23.3 Å². The summed E-state index contributed by atoms with van der Waals surface area (Å²) >= 11 is 1.45. The Bertz CT molecular complexity index is 1430. The quantitative estimate of drug-likeness (QED) is 0.330. The zero-order chi connectivity index (χ0) is 27.6. The number of hydrogen-bond acceptors (Lipinski definition) is 7. The van der Waals surface area contributed by atoms with Crippen LogP contribution in [0.5, 0.6) is 0 Å². The third kappa shape index (κ3) is 4.89. The molecule has 0 saturated carbocycles. The number of amides is 3. The van der Waals surface area contributed by atoms with Gasteiger partial charge < -0.3 is 10.1 Å². The van der Waals surface area contributed by atoms with E-state index in [9.17, 15) is 24.0 Å². The number of carbonyl (C=O) groups is 4. The zero-order valence-electron chi connectivity index (χ0n) is 21.5. The Morgan fingerprint density at radius 2 is 1.55 bits per heavy atom. The third-order valence-corrected chi connectivity index (χ3v) is 7.11. The van der Waals surface area contributed by atoms with Gasteiger partial charge >= 0.3 is 5.97 Å². The zero-order valence-corrected chi connectivity index (χ0v) is 22.3. The maximum absolute atomic E-state index is 13.2. The Balaban J connectivity index is 1.52. The van der Waals surface area contributed by atoms with Crippen LogP contribution in [0.25, 0.3) is 5.69 Å². The summed E-state index contributed by atoms with van der Waals surface area (Å²) in [6.45, 7) is 3.06. The summed E-state index contributed by atoms with van der Waals surface area (Å²) in [7, 11) is 1.70. The summed E-state index contributed by atoms with van der Waals surface area (Å²) in [4.78, 5) is 66.1. The molecule has 11 heteroatoms. The molecule has 2 atom stereocenters. The lowest BCUT2D eigenvalue weighted by Crippen LogP contribution is -2.47. The predicted molar refractivity (Wildman–Crippen MR) is 144 cm³/mol. The van der Waals surface area contributed by atoms with Gasteiger partial charge in [-0.3, -0.25) is 28.8 Å². The second-order valence-electron chi connectivity index (χ2n) is 8.83. The number of benzene rings is 2. The Hall–Kier alpha value is -4.12. The number of anilines is 1. The first-order chi connectivity index (χ1) is 18.2. The van der Waals surface area contributed by atoms with Gasteiger partial charge in [-0.1, -0.05) is 30.3 Å². The minimum atomic E-state index is -1.29. The molecule has 4 rings (SSSR count). The lowest BCUT2D eigenvalue weighted by molar-refractivity contribution is -0.157. The number of nitrogens with zero attached hydrogens (tertiary/aromatic N) is 3. The topological polar surface area (TPSA) is 120 Å². The molecule has 0 bridgehead atoms. The molecule has 0 radical (unpaired) electrons. The molecule has 1 aromatic heterocycles. The van der Waals surface area contributed by atoms with Gasteiger partial charge in [0, 0.05) is 7.05 Å². The smallest absolute Gasteiger partial charge is 0.330 e. The van der Waals surface area contributed by atoms with Gasteiger partial charge in [-0.05, 0) is 56.5 Å². The molecule has 1 aliphatic heterocycles. The minimum absolute atomic E-state index is 0.0588. The monoisotopic (exact) mass is 536 g/mol. The Morgan fingerprint density at radius 1 is 0.974 bits per heavy atom. The largest absolute Gasteiger partial charge is 0.451 e. The van der Waals surface area contributed by atoms with Crippen LogP contribution in [0.1, 0.15) is 39.8 Å². The van der Waals surface area contributed by atoms with Gasteiger partial charge in [0.2, 0.25) is 0 Å². The van der Waals surface area contributed by atoms with Crippen molar-refractivity contribution in [3.63, 3.8) is 0 Å². The first-order valence-electron chi connectivity index (χ1n) is 12.0. The molecule has 2 heterocycles. The van der Waals surface area contributed by atoms with Gasteiger partial charge in [0.1, 0.15) is 11.7 Å². The molecule has 2 aromatic carbocycles. The molecule has 0 saturated heterocycles. The molecule has 1 aliphatic rings. The van der Waals surface area contributed by atoms with Crippen LogP contribution in [0.15, 0.2) is 59.4 Å². The van der Waals surface area contributed by atoms with Crippen LogP contribution in [0, 0.1) is 6.92 Å². The Kier molecular flexibility index (Phi) is 7.86. The summed E-state index contributed by atoms with van der Waals surface area (Å²) in [6.07, 6.45) is 0.712. The third-order valence-electron chi connectivity index (χ3n) is 6.47. The van der Waals surface area contributed by atoms with Crippen molar-refractivity contribution in [3.05, 3.63) is 81.8 Å². The molecule has 10 nitrogen and oxygen atoms in total. The highest BCUT2D eigenvalue weighted by molar-refractivity contribution is 7.98. The lowest BCUT2D eigenvalue weighted by Gasteiger charge is -2.25. The fraction of sp³-hybridized carbons (Fsp3) is 0.296. The molecule has 38 heavy (non-hydrogen) atoms. The number of esters is 1. The van der Waals surface area contributed by atoms with E-state index in [-0.39, 0.29) is 23.2 Å². The molecule has 3 aromatic rings. The predicted octanol–water partition coefficient (Wildman–Crippen LogP) is 2.77. The summed E-state index contributed by atoms with van der Waals surface area (Å²) in [5.41, 5.74) is 1.20. The van der Waals surface area contributed by atoms with E-state index in [1.165, 1.54) is 35.5 Å². The second-order valence-corrected chi connectivity index (χ2v) is 9.81. The van der Waals surface area contributed by atoms with E-state index in [4.69, 9.17) is 4.74 Å². The van der Waals surface area contributed by atoms with E-state index in [2.05, 4.69) is 5.32 Å². The molecular formula is C27H28N4O6S. The standard InChI is InChI=1S/C27H28N4O6S/c1-16-22(26(35)31(29(16)3)18-10-6-5-7-11-18)28-23(32)17(2)37-27(36)21(14-15-38-4)30-24(33)19-12-8-9-13-20(19)25(30)34/h5-13,17,21H,14-15H2,1-4H3,(H,28,32)/t17-,21-/m1/s1. The highest BCUT2D eigenvalue weighted by atomic mass is 32.2. The highest BCUT2D eigenvalue weighted by Crippen LogP contribution is 2.27. The maximum atomic E-state index is 13.2. The molecule has 198 valence electrons. The molecule has 3 amide bonds. The second kappa shape index (κ2) is 11.1. The number of aromatic nitrogens is 2. The van der Waals surface area contributed by atoms with Gasteiger partial charge in [-0.2, -0.15) is 11.8 Å². The number of para-hydroxylation sites is 1. The van der Waals surface area contributed by atoms with E-state index in [1.807, 2.05) is 12.3 Å². The molecule has 0 aliphatic carbocycles. The van der Waals surface area contributed by atoms with Crippen molar-refractivity contribution in [1.82, 2.24) is 14.3 Å². The van der Waals surface area contributed by atoms with E-state index < -0.39 is 41.4 Å². The SMILES string of the molecule is CSCC[C@H](C(=O)O[C@H](C)C(=O)Nc1c(C)n(C)n(-c2ccccc2)c1=O)N1C(=O)c2ccccc2C1=O. The van der Waals surface area contributed by atoms with Gasteiger partial charge in [0.15, 0.2) is 6.10 Å². The van der Waals surface area contributed by atoms with Crippen molar-refractivity contribution in [2.45, 2.75) is 32.4 Å². The number of fused-ring (bicyclic) bond motifs is 1. The fourth-order valence-corrected chi connectivity index (χ4v) is 4.78. The number of ether oxygens (including phenoxy) is 1. The van der Waals surface area contributed by atoms with Crippen molar-refractivity contribution in [2.75, 3.05) is 17.3 Å². The van der Waals surface area contributed by atoms with Crippen LogP contribution in [-0.2, 0) is 21.4 Å². The summed E-state index contributed by atoms with van der Waals surface area (Å²) < 4.78 is 8.47. The number of nitrogens with one attached hydrogen (secondary N) is 1. The normalized spacial score (nSPS) is 14.3. The van der Waals surface area contributed by atoms with Gasteiger partial charge in [-0.25, -0.2) is 9.48 Å². The van der Waals surface area contributed by atoms with Crippen LogP contribution in [0.2, 0.25) is 0 Å². The van der Waals surface area contributed by atoms with Crippen LogP contribution in [-0.4, -0.2) is 62.1 Å². The lowest BCUT2D eigenvalue weighted by atomic mass is 10.1. The summed E-state index contributed by atoms with van der Waals surface area (Å²) in [5, 5.41) is 2.58. The number of imide groups is 1. The Morgan fingerprint density at radius 3 is 2.13 bits per heavy atom. The molecule has 0 spiro atoms. The highest BCUT2D eigenvalue weighted by Gasteiger charge is 2.43. The average Bonchev–Trinajstić information content (AvgIpc) is 3.29. The summed E-state index contributed by atoms with van der Waals surface area (Å²) in [6, 6.07) is 14.1. The van der Waals surface area contributed by atoms with Crippen molar-refractivity contribution >= 4 is 41.1 Å². The van der Waals surface area contributed by atoms with Crippen LogP contribution >= 0.6 is 11.8 Å². The van der Waals surface area contributed by atoms with Gasteiger partial charge in [-0.15, -0.1) is 0 Å². The maximum Gasteiger partial charge on any atom is 0.330 e. The first kappa shape index (κ1) is 26.9. The molecule has 0 fully saturated rings. The van der Waals surface area contributed by atoms with Crippen LogP contribution in [0.3, 0.4) is 0 Å². The van der Waals surface area contributed by atoms with Gasteiger partial charge in [0.05, 0.1) is 22.5 Å². The summed E-state index contributed by atoms with van der Waals surface area (Å²) in [5.74, 6) is -2.26. The molecule has 1 N–H and O–H groups in total. The molecule has 0 unspecified atom stereocenters. The van der Waals surface area contributed by atoms with E-state index in [0.29, 0.717) is 17.1 Å². The van der Waals surface area contributed by atoms with Crippen molar-refractivity contribution in [3.8, 4) is 5.69 Å². The average molecular weight is 537 g/mol. The van der Waals surface area contributed by atoms with Crippen molar-refractivity contribution in [2.24, 2.45) is 7.05 Å². The van der Waals surface area contributed by atoms with Crippen LogP contribution < -0.4 is 10.9 Å². The van der Waals surface area contributed by atoms with E-state index >= 15 is 0 Å². The number of rotatable bonds is 9. The van der Waals surface area contributed by atoms with Crippen molar-refractivity contribution in [1.29, 1.82) is 0 Å². The van der Waals surface area contributed by atoms with Crippen molar-refractivity contribution < 1.29 is 23.9 Å². The van der Waals surface area contributed by atoms with Crippen LogP contribution in [0.4, 0.5) is 5.69 Å². The van der Waals surface area contributed by atoms with E-state index in [0.717, 1.165) is 4.90 Å². The van der Waals surface area contributed by atoms with E-state index in [1.54, 1.807) is 55.1 Å². The number of hydrogen-bond donors (Lipinski definition) is 1.